The van der Waals surface area contributed by atoms with E-state index < -0.39 is 18.4 Å². The molecule has 0 radical (unpaired) electrons. The van der Waals surface area contributed by atoms with Gasteiger partial charge in [-0.25, -0.2) is 4.98 Å². The molecule has 2 aromatic heterocycles. The van der Waals surface area contributed by atoms with Crippen molar-refractivity contribution < 1.29 is 19.7 Å². The van der Waals surface area contributed by atoms with E-state index in [-0.39, 0.29) is 12.6 Å². The minimum Gasteiger partial charge on any atom is -0.458 e. The second-order valence-corrected chi connectivity index (χ2v) is 8.41. The van der Waals surface area contributed by atoms with E-state index in [1.165, 1.54) is 19.3 Å². The zero-order valence-electron chi connectivity index (χ0n) is 19.1. The van der Waals surface area contributed by atoms with Crippen LogP contribution in [0.5, 0.6) is 6.01 Å². The Bertz CT molecular complexity index is 1010. The Kier molecular flexibility index (Phi) is 8.09. The van der Waals surface area contributed by atoms with Crippen LogP contribution in [0.4, 0.5) is 5.82 Å². The van der Waals surface area contributed by atoms with E-state index in [4.69, 9.17) is 9.47 Å². The van der Waals surface area contributed by atoms with Crippen molar-refractivity contribution in [2.45, 2.75) is 70.5 Å². The van der Waals surface area contributed by atoms with Gasteiger partial charge < -0.3 is 25.0 Å². The van der Waals surface area contributed by atoms with Crippen LogP contribution in [0.3, 0.4) is 0 Å². The second kappa shape index (κ2) is 11.4. The van der Waals surface area contributed by atoms with E-state index in [2.05, 4.69) is 27.2 Å². The number of ether oxygens (including phenoxy) is 2. The maximum Gasteiger partial charge on any atom is 0.320 e. The van der Waals surface area contributed by atoms with Crippen LogP contribution in [0.2, 0.25) is 0 Å². The van der Waals surface area contributed by atoms with Crippen LogP contribution >= 0.6 is 0 Å². The summed E-state index contributed by atoms with van der Waals surface area (Å²) in [6, 6.07) is 10.1. The molecule has 0 aliphatic carbocycles. The first kappa shape index (κ1) is 23.4. The van der Waals surface area contributed by atoms with E-state index in [0.29, 0.717) is 30.0 Å². The maximum absolute atomic E-state index is 10.2. The van der Waals surface area contributed by atoms with E-state index in [1.807, 2.05) is 30.3 Å². The normalized spacial score (nSPS) is 20.4. The van der Waals surface area contributed by atoms with Crippen molar-refractivity contribution >= 4 is 17.0 Å². The number of anilines is 1. The van der Waals surface area contributed by atoms with Gasteiger partial charge in [-0.1, -0.05) is 62.9 Å². The Morgan fingerprint density at radius 3 is 2.73 bits per heavy atom. The number of aliphatic hydroxyl groups excluding tert-OH is 2. The van der Waals surface area contributed by atoms with E-state index in [0.717, 1.165) is 24.9 Å². The molecule has 0 spiro atoms. The first-order valence-electron chi connectivity index (χ1n) is 11.8. The van der Waals surface area contributed by atoms with Gasteiger partial charge in [0.25, 0.3) is 0 Å². The van der Waals surface area contributed by atoms with Gasteiger partial charge in [0.1, 0.15) is 18.9 Å². The van der Waals surface area contributed by atoms with Crippen molar-refractivity contribution in [2.75, 3.05) is 18.5 Å². The number of nitrogens with zero attached hydrogens (tertiary/aromatic N) is 4. The fraction of sp³-hybridized carbons (Fsp3) is 0.542. The zero-order chi connectivity index (χ0) is 23.0. The summed E-state index contributed by atoms with van der Waals surface area (Å²) in [6.45, 7) is 3.10. The number of imidazole rings is 1. The van der Waals surface area contributed by atoms with E-state index in [9.17, 15) is 10.2 Å². The smallest absolute Gasteiger partial charge is 0.320 e. The predicted molar refractivity (Wildman–Crippen MR) is 125 cm³/mol. The van der Waals surface area contributed by atoms with Gasteiger partial charge in [0.15, 0.2) is 17.0 Å². The monoisotopic (exact) mass is 455 g/mol. The van der Waals surface area contributed by atoms with Crippen molar-refractivity contribution in [1.29, 1.82) is 0 Å². The lowest BCUT2D eigenvalue weighted by atomic mass is 10.1. The zero-order valence-corrected chi connectivity index (χ0v) is 19.1. The lowest BCUT2D eigenvalue weighted by Gasteiger charge is -2.14. The summed E-state index contributed by atoms with van der Waals surface area (Å²) in [5.74, 6) is 0.620. The molecule has 0 saturated carbocycles. The fourth-order valence-corrected chi connectivity index (χ4v) is 4.00. The van der Waals surface area contributed by atoms with Crippen LogP contribution in [0.25, 0.3) is 11.2 Å². The minimum atomic E-state index is -0.742. The van der Waals surface area contributed by atoms with Crippen LogP contribution in [0, 0.1) is 0 Å². The first-order chi connectivity index (χ1) is 16.2. The third kappa shape index (κ3) is 5.79. The van der Waals surface area contributed by atoms with Crippen molar-refractivity contribution in [3.63, 3.8) is 0 Å². The van der Waals surface area contributed by atoms with Crippen molar-refractivity contribution in [3.05, 3.63) is 42.2 Å². The average molecular weight is 456 g/mol. The standard InChI is InChI=1S/C24H33N5O4/c1-2-3-4-5-9-12-25-22-21-23(28-24(27-22)32-15-17-10-7-6-8-11-17)29(16-26-21)20-13-18(31)19(14-30)33-20/h6-8,10-11,16,18-20,30-31H,2-5,9,12-15H2,1H3,(H,25,27,28). The van der Waals surface area contributed by atoms with E-state index in [1.54, 1.807) is 10.9 Å². The average Bonchev–Trinajstić information content (AvgIpc) is 3.43. The first-order valence-corrected chi connectivity index (χ1v) is 11.8. The number of rotatable bonds is 12. The molecule has 4 rings (SSSR count). The summed E-state index contributed by atoms with van der Waals surface area (Å²) in [6.07, 6.45) is 6.06. The Balaban J connectivity index is 1.55. The Hall–Kier alpha value is -2.75. The van der Waals surface area contributed by atoms with Crippen LogP contribution in [0.1, 0.15) is 57.2 Å². The van der Waals surface area contributed by atoms with Gasteiger partial charge in [-0.05, 0) is 12.0 Å². The number of aliphatic hydroxyl groups is 2. The lowest BCUT2D eigenvalue weighted by molar-refractivity contribution is -0.0432. The summed E-state index contributed by atoms with van der Waals surface area (Å²) >= 11 is 0. The molecule has 3 atom stereocenters. The molecule has 3 aromatic rings. The highest BCUT2D eigenvalue weighted by atomic mass is 16.5. The molecule has 1 aliphatic heterocycles. The highest BCUT2D eigenvalue weighted by Gasteiger charge is 2.35. The van der Waals surface area contributed by atoms with Crippen molar-refractivity contribution in [3.8, 4) is 6.01 Å². The Morgan fingerprint density at radius 2 is 1.97 bits per heavy atom. The SMILES string of the molecule is CCCCCCCNc1nc(OCc2ccccc2)nc2c1ncn2C1CC(O)C(CO)O1. The summed E-state index contributed by atoms with van der Waals surface area (Å²) < 4.78 is 13.5. The Labute approximate surface area is 193 Å². The topological polar surface area (TPSA) is 115 Å². The highest BCUT2D eigenvalue weighted by molar-refractivity contribution is 5.83. The predicted octanol–water partition coefficient (Wildman–Crippen LogP) is 3.43. The number of unbranched alkanes of at least 4 members (excludes halogenated alkanes) is 4. The molecule has 3 unspecified atom stereocenters. The summed E-state index contributed by atoms with van der Waals surface area (Å²) in [5.41, 5.74) is 2.21. The number of hydrogen-bond acceptors (Lipinski definition) is 8. The molecule has 1 saturated heterocycles. The summed E-state index contributed by atoms with van der Waals surface area (Å²) in [4.78, 5) is 13.7. The molecule has 0 amide bonds. The molecular formula is C24H33N5O4. The third-order valence-corrected chi connectivity index (χ3v) is 5.88. The third-order valence-electron chi connectivity index (χ3n) is 5.88. The van der Waals surface area contributed by atoms with Crippen LogP contribution in [-0.2, 0) is 11.3 Å². The van der Waals surface area contributed by atoms with Gasteiger partial charge in [0, 0.05) is 13.0 Å². The minimum absolute atomic E-state index is 0.241. The van der Waals surface area contributed by atoms with Crippen LogP contribution in [-0.4, -0.2) is 55.1 Å². The number of benzene rings is 1. The molecule has 9 nitrogen and oxygen atoms in total. The van der Waals surface area contributed by atoms with Gasteiger partial charge in [0.2, 0.25) is 0 Å². The van der Waals surface area contributed by atoms with Crippen molar-refractivity contribution in [1.82, 2.24) is 19.5 Å². The molecule has 33 heavy (non-hydrogen) atoms. The van der Waals surface area contributed by atoms with Gasteiger partial charge >= 0.3 is 6.01 Å². The maximum atomic E-state index is 10.2. The molecule has 0 bridgehead atoms. The largest absolute Gasteiger partial charge is 0.458 e. The number of hydrogen-bond donors (Lipinski definition) is 3. The summed E-state index contributed by atoms with van der Waals surface area (Å²) in [7, 11) is 0. The quantitative estimate of drug-likeness (QED) is 0.356. The van der Waals surface area contributed by atoms with Gasteiger partial charge in [-0.2, -0.15) is 9.97 Å². The lowest BCUT2D eigenvalue weighted by Crippen LogP contribution is -2.24. The van der Waals surface area contributed by atoms with Gasteiger partial charge in [0.05, 0.1) is 19.0 Å². The Morgan fingerprint density at radius 1 is 1.15 bits per heavy atom. The van der Waals surface area contributed by atoms with E-state index >= 15 is 0 Å². The molecular weight excluding hydrogens is 422 g/mol. The molecule has 178 valence electrons. The van der Waals surface area contributed by atoms with Gasteiger partial charge in [-0.15, -0.1) is 0 Å². The number of aromatic nitrogens is 4. The fourth-order valence-electron chi connectivity index (χ4n) is 4.00. The van der Waals surface area contributed by atoms with Crippen LogP contribution < -0.4 is 10.1 Å². The molecule has 1 aromatic carbocycles. The second-order valence-electron chi connectivity index (χ2n) is 8.41. The molecule has 9 heteroatoms. The number of fused-ring (bicyclic) bond motifs is 1. The summed E-state index contributed by atoms with van der Waals surface area (Å²) in [5, 5.41) is 23.0. The molecule has 1 aliphatic rings. The van der Waals surface area contributed by atoms with Crippen LogP contribution in [0.15, 0.2) is 36.7 Å². The van der Waals surface area contributed by atoms with Gasteiger partial charge in [-0.3, -0.25) is 4.57 Å². The molecule has 1 fully saturated rings. The highest BCUT2D eigenvalue weighted by Crippen LogP contribution is 2.32. The molecule has 3 heterocycles. The van der Waals surface area contributed by atoms with Crippen molar-refractivity contribution in [2.24, 2.45) is 0 Å². The molecule has 3 N–H and O–H groups in total. The number of nitrogens with one attached hydrogen (secondary N) is 1.